The third-order valence-corrected chi connectivity index (χ3v) is 4.37. The van der Waals surface area contributed by atoms with E-state index in [0.717, 1.165) is 38.3 Å². The molecule has 120 valence electrons. The van der Waals surface area contributed by atoms with Gasteiger partial charge in [0.2, 0.25) is 0 Å². The van der Waals surface area contributed by atoms with E-state index >= 15 is 0 Å². The van der Waals surface area contributed by atoms with Crippen molar-refractivity contribution >= 4 is 5.82 Å². The molecule has 0 radical (unpaired) electrons. The van der Waals surface area contributed by atoms with Gasteiger partial charge in [-0.3, -0.25) is 4.68 Å². The molecule has 2 unspecified atom stereocenters. The van der Waals surface area contributed by atoms with Crippen LogP contribution in [0.15, 0.2) is 0 Å². The highest BCUT2D eigenvalue weighted by Crippen LogP contribution is 2.29. The molecule has 5 heteroatoms. The highest BCUT2D eigenvalue weighted by Gasteiger charge is 2.29. The van der Waals surface area contributed by atoms with Crippen molar-refractivity contribution in [2.24, 2.45) is 18.9 Å². The maximum Gasteiger partial charge on any atom is 0.131 e. The number of nitrogens with one attached hydrogen (secondary N) is 1. The molecule has 2 heterocycles. The van der Waals surface area contributed by atoms with Crippen molar-refractivity contribution in [2.45, 2.75) is 46.8 Å². The number of nitrogens with zero attached hydrogens (tertiary/aromatic N) is 3. The summed E-state index contributed by atoms with van der Waals surface area (Å²) in [6, 6.07) is 0. The van der Waals surface area contributed by atoms with Gasteiger partial charge in [-0.25, -0.2) is 0 Å². The number of aliphatic hydroxyl groups excluding tert-OH is 1. The third-order valence-electron chi connectivity index (χ3n) is 4.37. The van der Waals surface area contributed by atoms with Crippen molar-refractivity contribution in [3.8, 4) is 0 Å². The molecule has 2 N–H and O–H groups in total. The van der Waals surface area contributed by atoms with Crippen LogP contribution in [0.5, 0.6) is 0 Å². The van der Waals surface area contributed by atoms with E-state index in [1.54, 1.807) is 0 Å². The molecule has 0 bridgehead atoms. The minimum Gasteiger partial charge on any atom is -0.393 e. The quantitative estimate of drug-likeness (QED) is 0.838. The van der Waals surface area contributed by atoms with Crippen LogP contribution in [0.4, 0.5) is 5.82 Å². The molecule has 1 aliphatic rings. The summed E-state index contributed by atoms with van der Waals surface area (Å²) in [6.07, 6.45) is 0.827. The van der Waals surface area contributed by atoms with Crippen LogP contribution in [0.2, 0.25) is 0 Å². The fraction of sp³-hybridized carbons (Fsp3) is 0.812. The van der Waals surface area contributed by atoms with Crippen LogP contribution in [0.3, 0.4) is 0 Å². The Morgan fingerprint density at radius 1 is 1.38 bits per heavy atom. The van der Waals surface area contributed by atoms with E-state index in [4.69, 9.17) is 0 Å². The van der Waals surface area contributed by atoms with Crippen molar-refractivity contribution in [3.05, 3.63) is 11.3 Å². The van der Waals surface area contributed by atoms with Crippen LogP contribution in [0, 0.1) is 18.8 Å². The van der Waals surface area contributed by atoms with E-state index in [-0.39, 0.29) is 6.10 Å². The zero-order chi connectivity index (χ0) is 15.6. The summed E-state index contributed by atoms with van der Waals surface area (Å²) < 4.78 is 1.99. The molecular weight excluding hydrogens is 264 g/mol. The normalized spacial score (nSPS) is 20.5. The summed E-state index contributed by atoms with van der Waals surface area (Å²) in [6.45, 7) is 12.2. The molecule has 21 heavy (non-hydrogen) atoms. The molecule has 0 aliphatic carbocycles. The van der Waals surface area contributed by atoms with Gasteiger partial charge in [0.05, 0.1) is 11.8 Å². The molecular formula is C16H30N4O. The van der Waals surface area contributed by atoms with Gasteiger partial charge in [-0.15, -0.1) is 0 Å². The molecule has 0 saturated carbocycles. The van der Waals surface area contributed by atoms with Gasteiger partial charge in [-0.05, 0) is 32.7 Å². The molecule has 2 rings (SSSR count). The lowest BCUT2D eigenvalue weighted by atomic mass is 10.0. The second-order valence-corrected chi connectivity index (χ2v) is 6.77. The summed E-state index contributed by atoms with van der Waals surface area (Å²) in [5.41, 5.74) is 2.40. The van der Waals surface area contributed by atoms with Gasteiger partial charge >= 0.3 is 0 Å². The second-order valence-electron chi connectivity index (χ2n) is 6.77. The lowest BCUT2D eigenvalue weighted by molar-refractivity contribution is 0.136. The van der Waals surface area contributed by atoms with Gasteiger partial charge in [0.15, 0.2) is 0 Å². The SMILES string of the molecule is Cc1nn(C)c(N2CCC(C(C)O)C2)c1CNCC(C)C. The van der Waals surface area contributed by atoms with Crippen LogP contribution in [0.1, 0.15) is 38.4 Å². The summed E-state index contributed by atoms with van der Waals surface area (Å²) in [5, 5.41) is 17.9. The number of aryl methyl sites for hydroxylation is 2. The number of hydrogen-bond acceptors (Lipinski definition) is 4. The number of aromatic nitrogens is 2. The first kappa shape index (κ1) is 16.3. The Balaban J connectivity index is 2.12. The van der Waals surface area contributed by atoms with Gasteiger partial charge in [-0.1, -0.05) is 13.8 Å². The molecule has 1 aromatic rings. The zero-order valence-electron chi connectivity index (χ0n) is 14.1. The molecule has 2 atom stereocenters. The molecule has 1 fully saturated rings. The lowest BCUT2D eigenvalue weighted by Crippen LogP contribution is -2.27. The van der Waals surface area contributed by atoms with Gasteiger partial charge < -0.3 is 15.3 Å². The minimum atomic E-state index is -0.230. The fourth-order valence-electron chi connectivity index (χ4n) is 3.15. The molecule has 1 aliphatic heterocycles. The number of rotatable bonds is 6. The van der Waals surface area contributed by atoms with Crippen LogP contribution in [-0.4, -0.2) is 40.6 Å². The van der Waals surface area contributed by atoms with E-state index < -0.39 is 0 Å². The van der Waals surface area contributed by atoms with Gasteiger partial charge in [0.25, 0.3) is 0 Å². The van der Waals surface area contributed by atoms with Gasteiger partial charge in [-0.2, -0.15) is 5.10 Å². The first-order valence-electron chi connectivity index (χ1n) is 8.06. The number of aliphatic hydroxyl groups is 1. The summed E-state index contributed by atoms with van der Waals surface area (Å²) >= 11 is 0. The first-order chi connectivity index (χ1) is 9.90. The standard InChI is InChI=1S/C16H30N4O/c1-11(2)8-17-9-15-12(3)18-19(5)16(15)20-7-6-14(10-20)13(4)21/h11,13-14,17,21H,6-10H2,1-5H3. The van der Waals surface area contributed by atoms with E-state index in [9.17, 15) is 5.11 Å². The molecule has 0 aromatic carbocycles. The van der Waals surface area contributed by atoms with E-state index in [2.05, 4.69) is 36.1 Å². The van der Waals surface area contributed by atoms with Crippen molar-refractivity contribution in [1.29, 1.82) is 0 Å². The predicted octanol–water partition coefficient (Wildman–Crippen LogP) is 1.68. The van der Waals surface area contributed by atoms with Crippen LogP contribution in [0.25, 0.3) is 0 Å². The average molecular weight is 294 g/mol. The predicted molar refractivity (Wildman–Crippen MR) is 86.5 cm³/mol. The van der Waals surface area contributed by atoms with Crippen molar-refractivity contribution in [3.63, 3.8) is 0 Å². The Bertz CT molecular complexity index is 467. The molecule has 1 saturated heterocycles. The Morgan fingerprint density at radius 2 is 2.10 bits per heavy atom. The maximum atomic E-state index is 9.80. The zero-order valence-corrected chi connectivity index (χ0v) is 14.1. The van der Waals surface area contributed by atoms with Crippen LogP contribution >= 0.6 is 0 Å². The Labute approximate surface area is 128 Å². The largest absolute Gasteiger partial charge is 0.393 e. The van der Waals surface area contributed by atoms with Crippen molar-refractivity contribution < 1.29 is 5.11 Å². The summed E-state index contributed by atoms with van der Waals surface area (Å²) in [5.74, 6) is 2.24. The third kappa shape index (κ3) is 3.77. The van der Waals surface area contributed by atoms with E-state index in [0.29, 0.717) is 11.8 Å². The van der Waals surface area contributed by atoms with E-state index in [1.165, 1.54) is 11.4 Å². The Hall–Kier alpha value is -1.07. The van der Waals surface area contributed by atoms with Crippen LogP contribution < -0.4 is 10.2 Å². The van der Waals surface area contributed by atoms with Gasteiger partial charge in [0, 0.05) is 38.2 Å². The number of anilines is 1. The lowest BCUT2D eigenvalue weighted by Gasteiger charge is -2.22. The smallest absolute Gasteiger partial charge is 0.131 e. The van der Waals surface area contributed by atoms with Crippen molar-refractivity contribution in [2.75, 3.05) is 24.5 Å². The van der Waals surface area contributed by atoms with E-state index in [1.807, 2.05) is 18.7 Å². The molecule has 5 nitrogen and oxygen atoms in total. The maximum absolute atomic E-state index is 9.80. The first-order valence-corrected chi connectivity index (χ1v) is 8.06. The molecule has 0 spiro atoms. The highest BCUT2D eigenvalue weighted by molar-refractivity contribution is 5.51. The minimum absolute atomic E-state index is 0.230. The fourth-order valence-corrected chi connectivity index (χ4v) is 3.15. The topological polar surface area (TPSA) is 53.3 Å². The molecule has 1 aromatic heterocycles. The average Bonchev–Trinajstić information content (AvgIpc) is 2.95. The summed E-state index contributed by atoms with van der Waals surface area (Å²) in [4.78, 5) is 2.38. The summed E-state index contributed by atoms with van der Waals surface area (Å²) in [7, 11) is 2.02. The van der Waals surface area contributed by atoms with Gasteiger partial charge in [0.1, 0.15) is 5.82 Å². The Morgan fingerprint density at radius 3 is 2.67 bits per heavy atom. The molecule has 0 amide bonds. The second kappa shape index (κ2) is 6.79. The Kier molecular flexibility index (Phi) is 5.27. The monoisotopic (exact) mass is 294 g/mol. The van der Waals surface area contributed by atoms with Crippen LogP contribution in [-0.2, 0) is 13.6 Å². The van der Waals surface area contributed by atoms with Crippen molar-refractivity contribution in [1.82, 2.24) is 15.1 Å². The number of hydrogen-bond donors (Lipinski definition) is 2. The highest BCUT2D eigenvalue weighted by atomic mass is 16.3.